The Bertz CT molecular complexity index is 1670. The fourth-order valence-corrected chi connectivity index (χ4v) is 5.80. The lowest BCUT2D eigenvalue weighted by Crippen LogP contribution is -2.43. The number of aliphatic hydroxyl groups excluding tert-OH is 1. The smallest absolute Gasteiger partial charge is 0.242 e. The van der Waals surface area contributed by atoms with Gasteiger partial charge in [-0.3, -0.25) is 9.58 Å². The van der Waals surface area contributed by atoms with Crippen molar-refractivity contribution in [1.29, 1.82) is 0 Å². The van der Waals surface area contributed by atoms with Crippen LogP contribution in [0, 0.1) is 6.92 Å². The van der Waals surface area contributed by atoms with Gasteiger partial charge in [-0.05, 0) is 71.9 Å². The van der Waals surface area contributed by atoms with Crippen LogP contribution in [-0.4, -0.2) is 107 Å². The highest BCUT2D eigenvalue weighted by Crippen LogP contribution is 2.33. The molecule has 6 heterocycles. The summed E-state index contributed by atoms with van der Waals surface area (Å²) >= 11 is 0. The molecule has 5 aromatic heterocycles. The third-order valence-electron chi connectivity index (χ3n) is 8.33. The van der Waals surface area contributed by atoms with E-state index in [4.69, 9.17) is 14.8 Å². The molecule has 3 N–H and O–H groups in total. The number of anilines is 1. The average molecular weight is 588 g/mol. The van der Waals surface area contributed by atoms with Gasteiger partial charge >= 0.3 is 0 Å². The summed E-state index contributed by atoms with van der Waals surface area (Å²) in [5.41, 5.74) is 4.56. The minimum atomic E-state index is -0.271. The zero-order valence-corrected chi connectivity index (χ0v) is 25.4. The Morgan fingerprint density at radius 1 is 1.21 bits per heavy atom. The first-order chi connectivity index (χ1) is 20.9. The van der Waals surface area contributed by atoms with E-state index in [1.165, 1.54) is 19.2 Å². The first-order valence-corrected chi connectivity index (χ1v) is 15.0. The monoisotopic (exact) mass is 587 g/mol. The van der Waals surface area contributed by atoms with Crippen molar-refractivity contribution >= 4 is 22.4 Å². The summed E-state index contributed by atoms with van der Waals surface area (Å²) in [5.74, 6) is 1.87. The molecule has 6 rings (SSSR count). The maximum absolute atomic E-state index is 9.18. The molecule has 0 aliphatic carbocycles. The predicted octanol–water partition coefficient (Wildman–Crippen LogP) is 3.13. The molecular weight excluding hydrogens is 546 g/mol. The van der Waals surface area contributed by atoms with Crippen LogP contribution in [0.3, 0.4) is 0 Å². The molecule has 0 bridgehead atoms. The van der Waals surface area contributed by atoms with Crippen LogP contribution in [-0.2, 0) is 6.54 Å². The third kappa shape index (κ3) is 6.19. The molecule has 1 fully saturated rings. The minimum Gasteiger partial charge on any atom is -0.475 e. The molecule has 5 aromatic rings. The number of aromatic amines is 1. The molecule has 0 spiro atoms. The van der Waals surface area contributed by atoms with E-state index in [1.54, 1.807) is 0 Å². The van der Waals surface area contributed by atoms with Crippen LogP contribution in [0.1, 0.15) is 43.6 Å². The van der Waals surface area contributed by atoms with Crippen molar-refractivity contribution in [2.75, 3.05) is 52.3 Å². The van der Waals surface area contributed by atoms with Crippen molar-refractivity contribution < 1.29 is 9.84 Å². The lowest BCUT2D eigenvalue weighted by molar-refractivity contribution is 0.127. The second kappa shape index (κ2) is 12.7. The summed E-state index contributed by atoms with van der Waals surface area (Å²) in [6.07, 6.45) is 12.2. The number of nitrogens with zero attached hydrogens (tertiary/aromatic N) is 9. The maximum atomic E-state index is 9.18. The number of fused-ring (bicyclic) bond motifs is 2. The number of rotatable bonds is 12. The standard InChI is InChI=1S/C30H41N11O2/c1-20-6-12-41-26(20)30(43-15-13-39-10-7-23(8-11-39)38(3)4)36-27(37-41)21(2)35-29-25-24(17-31-28(25)32-19-33-29)22-16-34-40(18-22)9-5-14-42/h6,12,16-19,21,23,42H,5,7-11,13-15H2,1-4H3,(H2,31,32,33,35)/t21-/m0/s1. The summed E-state index contributed by atoms with van der Waals surface area (Å²) in [7, 11) is 4.33. The van der Waals surface area contributed by atoms with Crippen LogP contribution in [0.2, 0.25) is 0 Å². The molecule has 43 heavy (non-hydrogen) atoms. The van der Waals surface area contributed by atoms with E-state index >= 15 is 0 Å². The largest absolute Gasteiger partial charge is 0.475 e. The van der Waals surface area contributed by atoms with Gasteiger partial charge in [0.25, 0.3) is 0 Å². The van der Waals surface area contributed by atoms with Crippen LogP contribution in [0.15, 0.2) is 37.2 Å². The van der Waals surface area contributed by atoms with E-state index in [-0.39, 0.29) is 12.6 Å². The lowest BCUT2D eigenvalue weighted by Gasteiger charge is -2.35. The lowest BCUT2D eigenvalue weighted by atomic mass is 10.0. The van der Waals surface area contributed by atoms with Crippen molar-refractivity contribution in [3.8, 4) is 17.0 Å². The number of nitrogens with one attached hydrogen (secondary N) is 2. The topological polar surface area (TPSA) is 138 Å². The van der Waals surface area contributed by atoms with E-state index in [9.17, 15) is 5.11 Å². The highest BCUT2D eigenvalue weighted by Gasteiger charge is 2.22. The Kier molecular flexibility index (Phi) is 8.54. The van der Waals surface area contributed by atoms with Crippen molar-refractivity contribution in [3.05, 3.63) is 48.6 Å². The summed E-state index contributed by atoms with van der Waals surface area (Å²) in [4.78, 5) is 22.0. The van der Waals surface area contributed by atoms with Gasteiger partial charge in [0.05, 0.1) is 17.6 Å². The van der Waals surface area contributed by atoms with Gasteiger partial charge in [-0.1, -0.05) is 0 Å². The number of piperidine rings is 1. The Balaban J connectivity index is 1.20. The zero-order chi connectivity index (χ0) is 29.9. The van der Waals surface area contributed by atoms with Gasteiger partial charge in [0, 0.05) is 55.5 Å². The van der Waals surface area contributed by atoms with Gasteiger partial charge in [0.15, 0.2) is 5.82 Å². The molecule has 0 amide bonds. The second-order valence-electron chi connectivity index (χ2n) is 11.5. The van der Waals surface area contributed by atoms with Gasteiger partial charge in [-0.15, -0.1) is 0 Å². The number of hydrogen-bond acceptors (Lipinski definition) is 10. The number of aliphatic hydroxyl groups is 1. The zero-order valence-electron chi connectivity index (χ0n) is 25.4. The Morgan fingerprint density at radius 2 is 2.05 bits per heavy atom. The summed E-state index contributed by atoms with van der Waals surface area (Å²) < 4.78 is 10.0. The molecule has 1 aliphatic rings. The average Bonchev–Trinajstić information content (AvgIpc) is 3.75. The fraction of sp³-hybridized carbons (Fsp3) is 0.500. The number of hydrogen-bond donors (Lipinski definition) is 3. The van der Waals surface area contributed by atoms with Crippen molar-refractivity contribution in [3.63, 3.8) is 0 Å². The van der Waals surface area contributed by atoms with Crippen LogP contribution >= 0.6 is 0 Å². The molecule has 0 saturated carbocycles. The van der Waals surface area contributed by atoms with E-state index in [2.05, 4.69) is 56.2 Å². The van der Waals surface area contributed by atoms with Crippen molar-refractivity contribution in [1.82, 2.24) is 49.1 Å². The molecule has 228 valence electrons. The van der Waals surface area contributed by atoms with Gasteiger partial charge < -0.3 is 25.0 Å². The van der Waals surface area contributed by atoms with Gasteiger partial charge in [-0.25, -0.2) is 14.5 Å². The van der Waals surface area contributed by atoms with Crippen LogP contribution in [0.5, 0.6) is 5.88 Å². The summed E-state index contributed by atoms with van der Waals surface area (Å²) in [6, 6.07) is 2.42. The number of ether oxygens (including phenoxy) is 1. The Hall–Kier alpha value is -4.07. The van der Waals surface area contributed by atoms with E-state index in [0.717, 1.165) is 52.9 Å². The van der Waals surface area contributed by atoms with Crippen LogP contribution in [0.4, 0.5) is 5.82 Å². The Morgan fingerprint density at radius 3 is 2.84 bits per heavy atom. The SMILES string of the molecule is Cc1ccn2nc([C@H](C)Nc3ncnc4[nH]cc(-c5cnn(CCCO)c5)c34)nc(OCCN3CCC(N(C)C)CC3)c12. The third-order valence-corrected chi connectivity index (χ3v) is 8.33. The maximum Gasteiger partial charge on any atom is 0.242 e. The second-order valence-corrected chi connectivity index (χ2v) is 11.5. The number of aryl methyl sites for hydroxylation is 2. The molecule has 0 unspecified atom stereocenters. The van der Waals surface area contributed by atoms with Gasteiger partial charge in [0.1, 0.15) is 29.9 Å². The van der Waals surface area contributed by atoms with Crippen LogP contribution in [0.25, 0.3) is 27.7 Å². The van der Waals surface area contributed by atoms with E-state index < -0.39 is 0 Å². The number of H-pyrrole nitrogens is 1. The molecule has 0 radical (unpaired) electrons. The number of aromatic nitrogens is 8. The van der Waals surface area contributed by atoms with Crippen molar-refractivity contribution in [2.45, 2.75) is 51.7 Å². The molecule has 13 heteroatoms. The van der Waals surface area contributed by atoms with E-state index in [1.807, 2.05) is 47.0 Å². The molecule has 13 nitrogen and oxygen atoms in total. The molecule has 1 saturated heterocycles. The number of likely N-dealkylation sites (tertiary alicyclic amines) is 1. The summed E-state index contributed by atoms with van der Waals surface area (Å²) in [5, 5.41) is 22.8. The Labute approximate surface area is 250 Å². The highest BCUT2D eigenvalue weighted by molar-refractivity contribution is 6.00. The fourth-order valence-electron chi connectivity index (χ4n) is 5.80. The molecular formula is C30H41N11O2. The molecule has 1 aliphatic heterocycles. The van der Waals surface area contributed by atoms with Gasteiger partial charge in [-0.2, -0.15) is 15.2 Å². The normalized spacial score (nSPS) is 15.6. The summed E-state index contributed by atoms with van der Waals surface area (Å²) in [6.45, 7) is 8.44. The van der Waals surface area contributed by atoms with Gasteiger partial charge in [0.2, 0.25) is 5.88 Å². The highest BCUT2D eigenvalue weighted by atomic mass is 16.5. The molecule has 1 atom stereocenters. The first-order valence-electron chi connectivity index (χ1n) is 15.0. The van der Waals surface area contributed by atoms with Crippen molar-refractivity contribution in [2.24, 2.45) is 0 Å². The predicted molar refractivity (Wildman–Crippen MR) is 165 cm³/mol. The quantitative estimate of drug-likeness (QED) is 0.200. The first kappa shape index (κ1) is 29.0. The van der Waals surface area contributed by atoms with E-state index in [0.29, 0.717) is 43.1 Å². The minimum absolute atomic E-state index is 0.126. The van der Waals surface area contributed by atoms with Crippen LogP contribution < -0.4 is 10.1 Å². The molecule has 0 aromatic carbocycles.